The van der Waals surface area contributed by atoms with Gasteiger partial charge in [0.15, 0.2) is 17.4 Å². The predicted molar refractivity (Wildman–Crippen MR) is 88.2 cm³/mol. The minimum Gasteiger partial charge on any atom is -0.451 e. The van der Waals surface area contributed by atoms with Gasteiger partial charge >= 0.3 is 5.97 Å². The third-order valence-electron chi connectivity index (χ3n) is 2.51. The van der Waals surface area contributed by atoms with Gasteiger partial charge in [-0.05, 0) is 11.4 Å². The fourth-order valence-electron chi connectivity index (χ4n) is 1.54. The highest BCUT2D eigenvalue weighted by Gasteiger charge is 2.16. The number of aromatic nitrogens is 1. The van der Waals surface area contributed by atoms with E-state index in [-0.39, 0.29) is 27.3 Å². The molecule has 2 heterocycles. The fraction of sp³-hybridized carbons (Fsp3) is 0.154. The molecule has 0 fully saturated rings. The number of nitrogens with one attached hydrogen (secondary N) is 2. The number of nitrogens with zero attached hydrogens (tertiary/aromatic N) is 1. The molecule has 0 aromatic carbocycles. The van der Waals surface area contributed by atoms with Crippen LogP contribution in [-0.4, -0.2) is 35.3 Å². The molecule has 126 valence electrons. The summed E-state index contributed by atoms with van der Waals surface area (Å²) >= 11 is 2.18. The van der Waals surface area contributed by atoms with Crippen LogP contribution in [0.1, 0.15) is 27.8 Å². The highest BCUT2D eigenvalue weighted by atomic mass is 32.1. The normalized spacial score (nSPS) is 10.0. The minimum atomic E-state index is -0.806. The summed E-state index contributed by atoms with van der Waals surface area (Å²) in [6.45, 7) is 0.760. The molecule has 2 rings (SSSR count). The molecular weight excluding hydrogens is 356 g/mol. The van der Waals surface area contributed by atoms with Gasteiger partial charge in [0.2, 0.25) is 5.91 Å². The van der Waals surface area contributed by atoms with Gasteiger partial charge in [0, 0.05) is 12.3 Å². The third-order valence-corrected chi connectivity index (χ3v) is 4.10. The number of hydrogen-bond donors (Lipinski definition) is 3. The Morgan fingerprint density at radius 2 is 2.00 bits per heavy atom. The molecule has 0 aliphatic heterocycles. The summed E-state index contributed by atoms with van der Waals surface area (Å²) in [6.07, 6.45) is 0. The Labute approximate surface area is 143 Å². The van der Waals surface area contributed by atoms with Gasteiger partial charge in [0.1, 0.15) is 5.00 Å². The van der Waals surface area contributed by atoms with E-state index in [4.69, 9.17) is 10.5 Å². The van der Waals surface area contributed by atoms with Crippen molar-refractivity contribution in [1.29, 1.82) is 0 Å². The molecule has 0 bridgehead atoms. The maximum absolute atomic E-state index is 11.8. The zero-order chi connectivity index (χ0) is 17.7. The quantitative estimate of drug-likeness (QED) is 0.651. The van der Waals surface area contributed by atoms with Crippen molar-refractivity contribution in [3.05, 3.63) is 28.1 Å². The van der Waals surface area contributed by atoms with Crippen LogP contribution in [0.5, 0.6) is 0 Å². The molecule has 4 N–H and O–H groups in total. The molecule has 0 radical (unpaired) electrons. The van der Waals surface area contributed by atoms with Gasteiger partial charge in [-0.2, -0.15) is 0 Å². The zero-order valence-electron chi connectivity index (χ0n) is 12.3. The maximum atomic E-state index is 11.8. The number of hydrogen-bond acceptors (Lipinski definition) is 8. The summed E-state index contributed by atoms with van der Waals surface area (Å²) < 4.78 is 4.83. The SMILES string of the molecule is CC(=O)Nc1nc(C(=O)OCC(=O)Nc2sccc2C(N)=O)cs1. The lowest BCUT2D eigenvalue weighted by atomic mass is 10.3. The molecule has 0 unspecified atom stereocenters. The van der Waals surface area contributed by atoms with Crippen molar-refractivity contribution < 1.29 is 23.9 Å². The standard InChI is InChI=1S/C13H12N4O5S2/c1-6(18)15-13-16-8(5-24-13)12(21)22-4-9(19)17-11-7(10(14)20)2-3-23-11/h2-3,5H,4H2,1H3,(H2,14,20)(H,17,19)(H,15,16,18). The predicted octanol–water partition coefficient (Wildman–Crippen LogP) is 1.06. The third kappa shape index (κ3) is 4.60. The van der Waals surface area contributed by atoms with Crippen LogP contribution in [0.2, 0.25) is 0 Å². The Balaban J connectivity index is 1.88. The summed E-state index contributed by atoms with van der Waals surface area (Å²) in [4.78, 5) is 49.4. The van der Waals surface area contributed by atoms with Gasteiger partial charge in [-0.15, -0.1) is 22.7 Å². The van der Waals surface area contributed by atoms with Crippen LogP contribution >= 0.6 is 22.7 Å². The molecule has 0 spiro atoms. The van der Waals surface area contributed by atoms with Crippen LogP contribution in [0.15, 0.2) is 16.8 Å². The van der Waals surface area contributed by atoms with Gasteiger partial charge in [-0.3, -0.25) is 14.4 Å². The van der Waals surface area contributed by atoms with E-state index in [2.05, 4.69) is 15.6 Å². The van der Waals surface area contributed by atoms with Crippen LogP contribution < -0.4 is 16.4 Å². The first kappa shape index (κ1) is 17.6. The molecule has 2 aromatic heterocycles. The Hall–Kier alpha value is -2.79. The Bertz CT molecular complexity index is 798. The molecular formula is C13H12N4O5S2. The minimum absolute atomic E-state index is 0.0227. The number of thiophene rings is 1. The molecule has 3 amide bonds. The lowest BCUT2D eigenvalue weighted by molar-refractivity contribution is -0.119. The largest absolute Gasteiger partial charge is 0.451 e. The number of primary amides is 1. The van der Waals surface area contributed by atoms with Gasteiger partial charge in [0.05, 0.1) is 5.56 Å². The highest BCUT2D eigenvalue weighted by molar-refractivity contribution is 7.14. The monoisotopic (exact) mass is 368 g/mol. The Morgan fingerprint density at radius 1 is 1.25 bits per heavy atom. The topological polar surface area (TPSA) is 140 Å². The van der Waals surface area contributed by atoms with Gasteiger partial charge < -0.3 is 21.1 Å². The Morgan fingerprint density at radius 3 is 2.67 bits per heavy atom. The molecule has 11 heteroatoms. The van der Waals surface area contributed by atoms with Crippen molar-refractivity contribution >= 4 is 56.5 Å². The number of rotatable bonds is 6. The smallest absolute Gasteiger partial charge is 0.358 e. The van der Waals surface area contributed by atoms with Crippen LogP contribution in [0, 0.1) is 0 Å². The summed E-state index contributed by atoms with van der Waals surface area (Å²) in [5, 5.41) is 8.40. The molecule has 0 aliphatic carbocycles. The van der Waals surface area contributed by atoms with Gasteiger partial charge in [-0.25, -0.2) is 9.78 Å². The van der Waals surface area contributed by atoms with Crippen molar-refractivity contribution in [3.8, 4) is 0 Å². The second-order valence-electron chi connectivity index (χ2n) is 4.37. The van der Waals surface area contributed by atoms with E-state index in [1.807, 2.05) is 0 Å². The highest BCUT2D eigenvalue weighted by Crippen LogP contribution is 2.22. The van der Waals surface area contributed by atoms with Crippen molar-refractivity contribution in [2.45, 2.75) is 6.92 Å². The number of thiazole rings is 1. The van der Waals surface area contributed by atoms with E-state index in [1.54, 1.807) is 5.38 Å². The first-order valence-corrected chi connectivity index (χ1v) is 8.20. The number of nitrogens with two attached hydrogens (primary N) is 1. The van der Waals surface area contributed by atoms with Gasteiger partial charge in [-0.1, -0.05) is 0 Å². The average molecular weight is 368 g/mol. The van der Waals surface area contributed by atoms with E-state index in [0.717, 1.165) is 22.7 Å². The first-order chi connectivity index (χ1) is 11.4. The van der Waals surface area contributed by atoms with E-state index in [1.165, 1.54) is 18.4 Å². The lowest BCUT2D eigenvalue weighted by Crippen LogP contribution is -2.22. The molecule has 0 atom stereocenters. The second kappa shape index (κ2) is 7.66. The van der Waals surface area contributed by atoms with E-state index < -0.39 is 24.4 Å². The second-order valence-corrected chi connectivity index (χ2v) is 6.15. The van der Waals surface area contributed by atoms with Crippen LogP contribution in [-0.2, 0) is 14.3 Å². The summed E-state index contributed by atoms with van der Waals surface area (Å²) in [5.41, 5.74) is 5.32. The number of carbonyl (C=O) groups is 4. The number of carbonyl (C=O) groups excluding carboxylic acids is 4. The van der Waals surface area contributed by atoms with E-state index in [0.29, 0.717) is 0 Å². The van der Waals surface area contributed by atoms with Crippen molar-refractivity contribution in [3.63, 3.8) is 0 Å². The number of esters is 1. The van der Waals surface area contributed by atoms with E-state index in [9.17, 15) is 19.2 Å². The summed E-state index contributed by atoms with van der Waals surface area (Å²) in [6, 6.07) is 1.48. The number of ether oxygens (including phenoxy) is 1. The first-order valence-electron chi connectivity index (χ1n) is 6.44. The molecule has 0 saturated carbocycles. The summed E-state index contributed by atoms with van der Waals surface area (Å²) in [5.74, 6) is -2.41. The zero-order valence-corrected chi connectivity index (χ0v) is 14.0. The fourth-order valence-corrected chi connectivity index (χ4v) is 3.08. The van der Waals surface area contributed by atoms with Crippen LogP contribution in [0.25, 0.3) is 0 Å². The maximum Gasteiger partial charge on any atom is 0.358 e. The van der Waals surface area contributed by atoms with Crippen molar-refractivity contribution in [1.82, 2.24) is 4.98 Å². The van der Waals surface area contributed by atoms with Crippen LogP contribution in [0.3, 0.4) is 0 Å². The Kier molecular flexibility index (Phi) is 5.60. The number of anilines is 2. The van der Waals surface area contributed by atoms with Gasteiger partial charge in [0.25, 0.3) is 11.8 Å². The van der Waals surface area contributed by atoms with Crippen molar-refractivity contribution in [2.24, 2.45) is 5.73 Å². The van der Waals surface area contributed by atoms with Crippen molar-refractivity contribution in [2.75, 3.05) is 17.2 Å². The molecule has 0 aliphatic rings. The molecule has 24 heavy (non-hydrogen) atoms. The van der Waals surface area contributed by atoms with Crippen LogP contribution in [0.4, 0.5) is 10.1 Å². The lowest BCUT2D eigenvalue weighted by Gasteiger charge is -2.05. The molecule has 9 nitrogen and oxygen atoms in total. The van der Waals surface area contributed by atoms with E-state index >= 15 is 0 Å². The molecule has 2 aromatic rings. The number of amides is 3. The average Bonchev–Trinajstić information content (AvgIpc) is 3.13. The summed E-state index contributed by atoms with van der Waals surface area (Å²) in [7, 11) is 0. The molecule has 0 saturated heterocycles.